The summed E-state index contributed by atoms with van der Waals surface area (Å²) in [6, 6.07) is 22.1. The summed E-state index contributed by atoms with van der Waals surface area (Å²) in [5.74, 6) is 0.417. The van der Waals surface area contributed by atoms with E-state index < -0.39 is 0 Å². The highest BCUT2D eigenvalue weighted by Crippen LogP contribution is 2.36. The van der Waals surface area contributed by atoms with E-state index in [0.717, 1.165) is 22.4 Å². The van der Waals surface area contributed by atoms with Gasteiger partial charge >= 0.3 is 0 Å². The highest BCUT2D eigenvalue weighted by molar-refractivity contribution is 6.31. The number of benzene rings is 3. The zero-order valence-corrected chi connectivity index (χ0v) is 19.1. The van der Waals surface area contributed by atoms with Crippen molar-refractivity contribution in [3.8, 4) is 0 Å². The van der Waals surface area contributed by atoms with Crippen LogP contribution in [0.3, 0.4) is 0 Å². The van der Waals surface area contributed by atoms with Crippen LogP contribution < -0.4 is 10.6 Å². The van der Waals surface area contributed by atoms with E-state index in [-0.39, 0.29) is 17.9 Å². The van der Waals surface area contributed by atoms with E-state index in [1.54, 1.807) is 10.7 Å². The Hall–Kier alpha value is -3.61. The van der Waals surface area contributed by atoms with Crippen LogP contribution in [0, 0.1) is 6.92 Å². The second-order valence-electron chi connectivity index (χ2n) is 7.71. The van der Waals surface area contributed by atoms with Gasteiger partial charge in [-0.15, -0.1) is 5.10 Å². The Balaban J connectivity index is 1.53. The van der Waals surface area contributed by atoms with Gasteiger partial charge in [0.1, 0.15) is 6.04 Å². The molecule has 1 amide bonds. The highest BCUT2D eigenvalue weighted by atomic mass is 35.5. The molecule has 0 spiro atoms. The first-order chi connectivity index (χ1) is 16.0. The SMILES string of the molecule is Cc1cccc(C(=O)Nc2nc3n(n2)[C@@H](c2ccccc2Cl)C=C(c2ccc(Cl)cc2)N3)c1. The predicted molar refractivity (Wildman–Crippen MR) is 132 cm³/mol. The molecule has 1 aliphatic rings. The van der Waals surface area contributed by atoms with Crippen molar-refractivity contribution in [3.63, 3.8) is 0 Å². The molecule has 0 bridgehead atoms. The van der Waals surface area contributed by atoms with Crippen LogP contribution in [0.1, 0.15) is 33.1 Å². The Labute approximate surface area is 200 Å². The number of fused-ring (bicyclic) bond motifs is 1. The van der Waals surface area contributed by atoms with Gasteiger partial charge in [-0.25, -0.2) is 4.68 Å². The molecule has 8 heteroatoms. The lowest BCUT2D eigenvalue weighted by molar-refractivity contribution is 0.102. The van der Waals surface area contributed by atoms with Crippen LogP contribution in [0.2, 0.25) is 10.0 Å². The topological polar surface area (TPSA) is 71.8 Å². The van der Waals surface area contributed by atoms with Crippen molar-refractivity contribution in [3.05, 3.63) is 111 Å². The van der Waals surface area contributed by atoms with Gasteiger partial charge < -0.3 is 5.32 Å². The first-order valence-electron chi connectivity index (χ1n) is 10.3. The molecular formula is C25H19Cl2N5O. The van der Waals surface area contributed by atoms with Gasteiger partial charge in [0.05, 0.1) is 0 Å². The van der Waals surface area contributed by atoms with Crippen LogP contribution in [-0.4, -0.2) is 20.7 Å². The van der Waals surface area contributed by atoms with E-state index in [2.05, 4.69) is 20.7 Å². The average Bonchev–Trinajstić information content (AvgIpc) is 3.21. The molecule has 0 aliphatic carbocycles. The molecule has 0 unspecified atom stereocenters. The summed E-state index contributed by atoms with van der Waals surface area (Å²) in [5, 5.41) is 11.9. The van der Waals surface area contributed by atoms with E-state index >= 15 is 0 Å². The van der Waals surface area contributed by atoms with Crippen molar-refractivity contribution in [2.75, 3.05) is 10.6 Å². The summed E-state index contributed by atoms with van der Waals surface area (Å²) in [4.78, 5) is 17.3. The zero-order valence-electron chi connectivity index (χ0n) is 17.6. The van der Waals surface area contributed by atoms with Gasteiger partial charge in [-0.2, -0.15) is 4.98 Å². The van der Waals surface area contributed by atoms with Gasteiger partial charge in [0.2, 0.25) is 5.95 Å². The number of nitrogens with one attached hydrogen (secondary N) is 2. The monoisotopic (exact) mass is 475 g/mol. The number of amides is 1. The maximum Gasteiger partial charge on any atom is 0.258 e. The van der Waals surface area contributed by atoms with Crippen molar-refractivity contribution >= 4 is 46.7 Å². The molecule has 1 atom stereocenters. The molecule has 3 aromatic carbocycles. The smallest absolute Gasteiger partial charge is 0.258 e. The molecule has 33 heavy (non-hydrogen) atoms. The fraction of sp³-hybridized carbons (Fsp3) is 0.0800. The van der Waals surface area contributed by atoms with E-state index in [4.69, 9.17) is 23.2 Å². The standard InChI is InChI=1S/C25H19Cl2N5O/c1-15-5-4-6-17(13-15)23(33)29-24-30-25-28-21(16-9-11-18(26)12-10-16)14-22(32(25)31-24)19-7-2-3-8-20(19)27/h2-14,22H,1H3,(H2,28,29,30,31,33)/t22-/m1/s1. The van der Waals surface area contributed by atoms with Crippen LogP contribution in [0.5, 0.6) is 0 Å². The number of allylic oxidation sites excluding steroid dienone is 1. The number of hydrogen-bond acceptors (Lipinski definition) is 4. The van der Waals surface area contributed by atoms with Crippen LogP contribution >= 0.6 is 23.2 Å². The number of anilines is 2. The third kappa shape index (κ3) is 4.35. The number of aromatic nitrogens is 3. The minimum atomic E-state index is -0.322. The van der Waals surface area contributed by atoms with Crippen molar-refractivity contribution in [2.45, 2.75) is 13.0 Å². The van der Waals surface area contributed by atoms with Gasteiger partial charge in [0, 0.05) is 21.3 Å². The maximum absolute atomic E-state index is 12.7. The summed E-state index contributed by atoms with van der Waals surface area (Å²) >= 11 is 12.6. The van der Waals surface area contributed by atoms with Crippen molar-refractivity contribution in [1.29, 1.82) is 0 Å². The largest absolute Gasteiger partial charge is 0.324 e. The molecule has 0 saturated heterocycles. The van der Waals surface area contributed by atoms with E-state index in [0.29, 0.717) is 21.6 Å². The number of aryl methyl sites for hydroxylation is 1. The number of carbonyl (C=O) groups is 1. The molecule has 1 aromatic heterocycles. The van der Waals surface area contributed by atoms with Crippen molar-refractivity contribution in [1.82, 2.24) is 14.8 Å². The molecule has 164 valence electrons. The van der Waals surface area contributed by atoms with Gasteiger partial charge in [0.15, 0.2) is 0 Å². The Morgan fingerprint density at radius 1 is 1.03 bits per heavy atom. The van der Waals surface area contributed by atoms with Crippen LogP contribution in [0.4, 0.5) is 11.9 Å². The fourth-order valence-electron chi connectivity index (χ4n) is 3.74. The summed E-state index contributed by atoms with van der Waals surface area (Å²) in [7, 11) is 0. The lowest BCUT2D eigenvalue weighted by Gasteiger charge is -2.24. The lowest BCUT2D eigenvalue weighted by Crippen LogP contribution is -2.20. The third-order valence-electron chi connectivity index (χ3n) is 5.35. The van der Waals surface area contributed by atoms with Gasteiger partial charge in [-0.3, -0.25) is 10.1 Å². The van der Waals surface area contributed by atoms with Crippen molar-refractivity contribution in [2.24, 2.45) is 0 Å². The summed E-state index contributed by atoms with van der Waals surface area (Å²) < 4.78 is 1.71. The normalized spacial score (nSPS) is 14.8. The summed E-state index contributed by atoms with van der Waals surface area (Å²) in [6.45, 7) is 1.94. The summed E-state index contributed by atoms with van der Waals surface area (Å²) in [5.41, 5.74) is 4.19. The second-order valence-corrected chi connectivity index (χ2v) is 8.55. The van der Waals surface area contributed by atoms with Crippen LogP contribution in [-0.2, 0) is 0 Å². The number of hydrogen-bond donors (Lipinski definition) is 2. The third-order valence-corrected chi connectivity index (χ3v) is 5.95. The molecular weight excluding hydrogens is 457 g/mol. The summed E-state index contributed by atoms with van der Waals surface area (Å²) in [6.07, 6.45) is 2.03. The second kappa shape index (κ2) is 8.73. The molecule has 0 saturated carbocycles. The van der Waals surface area contributed by atoms with Gasteiger partial charge in [0.25, 0.3) is 11.9 Å². The first kappa shape index (κ1) is 21.2. The molecule has 4 aromatic rings. The zero-order chi connectivity index (χ0) is 22.9. The van der Waals surface area contributed by atoms with E-state index in [1.165, 1.54) is 0 Å². The van der Waals surface area contributed by atoms with E-state index in [9.17, 15) is 4.79 Å². The van der Waals surface area contributed by atoms with Crippen molar-refractivity contribution < 1.29 is 4.79 Å². The Morgan fingerprint density at radius 2 is 1.82 bits per heavy atom. The molecule has 6 nitrogen and oxygen atoms in total. The first-order valence-corrected chi connectivity index (χ1v) is 11.1. The number of nitrogens with zero attached hydrogens (tertiary/aromatic N) is 3. The van der Waals surface area contributed by atoms with Gasteiger partial charge in [-0.05, 0) is 54.5 Å². The predicted octanol–water partition coefficient (Wildman–Crippen LogP) is 6.20. The Morgan fingerprint density at radius 3 is 2.58 bits per heavy atom. The molecule has 1 aliphatic heterocycles. The minimum absolute atomic E-state index is 0.201. The molecule has 2 heterocycles. The fourth-order valence-corrected chi connectivity index (χ4v) is 4.11. The van der Waals surface area contributed by atoms with Crippen LogP contribution in [0.25, 0.3) is 5.70 Å². The quantitative estimate of drug-likeness (QED) is 0.368. The minimum Gasteiger partial charge on any atom is -0.324 e. The maximum atomic E-state index is 12.7. The molecule has 0 fully saturated rings. The Kier molecular flexibility index (Phi) is 5.62. The average molecular weight is 476 g/mol. The lowest BCUT2D eigenvalue weighted by atomic mass is 10.0. The molecule has 2 N–H and O–H groups in total. The molecule has 5 rings (SSSR count). The highest BCUT2D eigenvalue weighted by Gasteiger charge is 2.27. The number of rotatable bonds is 4. The Bertz CT molecular complexity index is 1380. The van der Waals surface area contributed by atoms with Gasteiger partial charge in [-0.1, -0.05) is 71.2 Å². The number of carbonyl (C=O) groups excluding carboxylic acids is 1. The molecule has 0 radical (unpaired) electrons. The van der Waals surface area contributed by atoms with Crippen LogP contribution in [0.15, 0.2) is 78.9 Å². The van der Waals surface area contributed by atoms with E-state index in [1.807, 2.05) is 79.7 Å². The number of halogens is 2.